The first-order chi connectivity index (χ1) is 6.74. The van der Waals surface area contributed by atoms with Gasteiger partial charge in [-0.25, -0.2) is 0 Å². The van der Waals surface area contributed by atoms with Crippen LogP contribution in [0.5, 0.6) is 0 Å². The molecule has 1 atom stereocenters. The van der Waals surface area contributed by atoms with Gasteiger partial charge in [-0.15, -0.1) is 0 Å². The Labute approximate surface area is 90.3 Å². The van der Waals surface area contributed by atoms with E-state index in [0.717, 1.165) is 18.8 Å². The molecular formula is C11H18N2S. The van der Waals surface area contributed by atoms with Crippen molar-refractivity contribution >= 4 is 17.4 Å². The minimum atomic E-state index is 0.653. The van der Waals surface area contributed by atoms with Crippen molar-refractivity contribution in [1.82, 2.24) is 5.32 Å². The standard InChI is InChI=1S/C11H18N2S/c1-9(14-2)7-13-8-10-5-3-4-6-11(10)12/h3-6,9,13H,7-8,12H2,1-2H3. The smallest absolute Gasteiger partial charge is 0.0359 e. The van der Waals surface area contributed by atoms with Gasteiger partial charge >= 0.3 is 0 Å². The Kier molecular flexibility index (Phi) is 4.84. The van der Waals surface area contributed by atoms with Crippen molar-refractivity contribution in [1.29, 1.82) is 0 Å². The molecule has 0 amide bonds. The molecular weight excluding hydrogens is 192 g/mol. The molecule has 1 unspecified atom stereocenters. The van der Waals surface area contributed by atoms with Crippen LogP contribution in [0.1, 0.15) is 12.5 Å². The molecule has 0 saturated carbocycles. The molecule has 0 bridgehead atoms. The highest BCUT2D eigenvalue weighted by atomic mass is 32.2. The third kappa shape index (κ3) is 3.60. The van der Waals surface area contributed by atoms with Crippen LogP contribution in [0.2, 0.25) is 0 Å². The fourth-order valence-electron chi connectivity index (χ4n) is 1.19. The lowest BCUT2D eigenvalue weighted by molar-refractivity contribution is 0.686. The summed E-state index contributed by atoms with van der Waals surface area (Å²) in [6.07, 6.45) is 2.13. The summed E-state index contributed by atoms with van der Waals surface area (Å²) in [5, 5.41) is 4.05. The Morgan fingerprint density at radius 1 is 1.43 bits per heavy atom. The van der Waals surface area contributed by atoms with Crippen LogP contribution in [0.15, 0.2) is 24.3 Å². The minimum Gasteiger partial charge on any atom is -0.398 e. The van der Waals surface area contributed by atoms with Gasteiger partial charge in [-0.05, 0) is 17.9 Å². The molecule has 0 aliphatic carbocycles. The van der Waals surface area contributed by atoms with E-state index in [4.69, 9.17) is 5.73 Å². The van der Waals surface area contributed by atoms with E-state index in [2.05, 4.69) is 24.6 Å². The molecule has 3 heteroatoms. The molecule has 0 fully saturated rings. The Balaban J connectivity index is 2.35. The number of thioether (sulfide) groups is 1. The first-order valence-electron chi connectivity index (χ1n) is 4.81. The molecule has 0 aliphatic rings. The molecule has 3 N–H and O–H groups in total. The number of hydrogen-bond acceptors (Lipinski definition) is 3. The molecule has 2 nitrogen and oxygen atoms in total. The Bertz CT molecular complexity index is 276. The van der Waals surface area contributed by atoms with Gasteiger partial charge in [0.05, 0.1) is 0 Å². The molecule has 78 valence electrons. The highest BCUT2D eigenvalue weighted by molar-refractivity contribution is 7.99. The normalized spacial score (nSPS) is 12.7. The zero-order valence-electron chi connectivity index (χ0n) is 8.79. The lowest BCUT2D eigenvalue weighted by atomic mass is 10.2. The van der Waals surface area contributed by atoms with Gasteiger partial charge in [0, 0.05) is 24.0 Å². The Hall–Kier alpha value is -0.670. The summed E-state index contributed by atoms with van der Waals surface area (Å²) in [6.45, 7) is 4.10. The van der Waals surface area contributed by atoms with Crippen LogP contribution in [0.25, 0.3) is 0 Å². The predicted octanol–water partition coefficient (Wildman–Crippen LogP) is 2.11. The molecule has 0 spiro atoms. The van der Waals surface area contributed by atoms with Gasteiger partial charge in [0.25, 0.3) is 0 Å². The van der Waals surface area contributed by atoms with Crippen molar-refractivity contribution in [3.63, 3.8) is 0 Å². The van der Waals surface area contributed by atoms with Gasteiger partial charge in [-0.2, -0.15) is 11.8 Å². The SMILES string of the molecule is CSC(C)CNCc1ccccc1N. The molecule has 1 rings (SSSR count). The fraction of sp³-hybridized carbons (Fsp3) is 0.455. The zero-order valence-corrected chi connectivity index (χ0v) is 9.60. The molecule has 1 aromatic rings. The van der Waals surface area contributed by atoms with Crippen molar-refractivity contribution in [3.8, 4) is 0 Å². The van der Waals surface area contributed by atoms with Crippen molar-refractivity contribution < 1.29 is 0 Å². The molecule has 1 aromatic carbocycles. The van der Waals surface area contributed by atoms with E-state index < -0.39 is 0 Å². The van der Waals surface area contributed by atoms with Crippen LogP contribution in [0.4, 0.5) is 5.69 Å². The van der Waals surface area contributed by atoms with E-state index >= 15 is 0 Å². The third-order valence-corrected chi connectivity index (χ3v) is 3.18. The van der Waals surface area contributed by atoms with Gasteiger partial charge in [-0.3, -0.25) is 0 Å². The summed E-state index contributed by atoms with van der Waals surface area (Å²) in [5.41, 5.74) is 7.88. The van der Waals surface area contributed by atoms with Crippen LogP contribution in [-0.4, -0.2) is 18.1 Å². The van der Waals surface area contributed by atoms with E-state index in [1.54, 1.807) is 0 Å². The topological polar surface area (TPSA) is 38.0 Å². The maximum atomic E-state index is 5.82. The van der Waals surface area contributed by atoms with E-state index in [1.807, 2.05) is 30.0 Å². The number of para-hydroxylation sites is 1. The lowest BCUT2D eigenvalue weighted by Gasteiger charge is -2.10. The van der Waals surface area contributed by atoms with E-state index in [9.17, 15) is 0 Å². The number of anilines is 1. The van der Waals surface area contributed by atoms with Crippen molar-refractivity contribution in [2.75, 3.05) is 18.5 Å². The average Bonchev–Trinajstić information content (AvgIpc) is 2.20. The summed E-state index contributed by atoms with van der Waals surface area (Å²) in [5.74, 6) is 0. The molecule has 0 aliphatic heterocycles. The number of rotatable bonds is 5. The summed E-state index contributed by atoms with van der Waals surface area (Å²) in [6, 6.07) is 7.98. The van der Waals surface area contributed by atoms with Crippen molar-refractivity contribution in [3.05, 3.63) is 29.8 Å². The van der Waals surface area contributed by atoms with Crippen molar-refractivity contribution in [2.24, 2.45) is 0 Å². The van der Waals surface area contributed by atoms with Gasteiger partial charge in [0.2, 0.25) is 0 Å². The first kappa shape index (κ1) is 11.4. The largest absolute Gasteiger partial charge is 0.398 e. The summed E-state index contributed by atoms with van der Waals surface area (Å²) >= 11 is 1.87. The van der Waals surface area contributed by atoms with Crippen LogP contribution >= 0.6 is 11.8 Å². The van der Waals surface area contributed by atoms with Crippen LogP contribution < -0.4 is 11.1 Å². The number of nitrogen functional groups attached to an aromatic ring is 1. The highest BCUT2D eigenvalue weighted by Gasteiger charge is 2.00. The molecule has 14 heavy (non-hydrogen) atoms. The van der Waals surface area contributed by atoms with Crippen LogP contribution in [0.3, 0.4) is 0 Å². The minimum absolute atomic E-state index is 0.653. The van der Waals surface area contributed by atoms with Crippen molar-refractivity contribution in [2.45, 2.75) is 18.7 Å². The second-order valence-electron chi connectivity index (χ2n) is 3.38. The van der Waals surface area contributed by atoms with Crippen LogP contribution in [0, 0.1) is 0 Å². The van der Waals surface area contributed by atoms with Gasteiger partial charge in [0.1, 0.15) is 0 Å². The Morgan fingerprint density at radius 3 is 2.79 bits per heavy atom. The first-order valence-corrected chi connectivity index (χ1v) is 6.09. The van der Waals surface area contributed by atoms with Gasteiger partial charge in [-0.1, -0.05) is 25.1 Å². The van der Waals surface area contributed by atoms with Gasteiger partial charge in [0.15, 0.2) is 0 Å². The number of hydrogen-bond donors (Lipinski definition) is 2. The van der Waals surface area contributed by atoms with E-state index in [1.165, 1.54) is 5.56 Å². The van der Waals surface area contributed by atoms with Crippen LogP contribution in [-0.2, 0) is 6.54 Å². The Morgan fingerprint density at radius 2 is 2.14 bits per heavy atom. The molecule has 0 heterocycles. The lowest BCUT2D eigenvalue weighted by Crippen LogP contribution is -2.22. The predicted molar refractivity (Wildman–Crippen MR) is 65.5 cm³/mol. The second kappa shape index (κ2) is 5.94. The number of nitrogens with two attached hydrogens (primary N) is 1. The summed E-state index contributed by atoms with van der Waals surface area (Å²) in [4.78, 5) is 0. The van der Waals surface area contributed by atoms with Gasteiger partial charge < -0.3 is 11.1 Å². The molecule has 0 aromatic heterocycles. The second-order valence-corrected chi connectivity index (χ2v) is 4.65. The van der Waals surface area contributed by atoms with E-state index in [-0.39, 0.29) is 0 Å². The fourth-order valence-corrected chi connectivity index (χ4v) is 1.47. The molecule has 0 saturated heterocycles. The maximum absolute atomic E-state index is 5.82. The number of benzene rings is 1. The highest BCUT2D eigenvalue weighted by Crippen LogP contribution is 2.10. The summed E-state index contributed by atoms with van der Waals surface area (Å²) < 4.78 is 0. The quantitative estimate of drug-likeness (QED) is 0.731. The third-order valence-electron chi connectivity index (χ3n) is 2.20. The van der Waals surface area contributed by atoms with E-state index in [0.29, 0.717) is 5.25 Å². The monoisotopic (exact) mass is 210 g/mol. The number of nitrogens with one attached hydrogen (secondary N) is 1. The average molecular weight is 210 g/mol. The zero-order chi connectivity index (χ0) is 10.4. The molecule has 0 radical (unpaired) electrons. The summed E-state index contributed by atoms with van der Waals surface area (Å²) in [7, 11) is 0. The maximum Gasteiger partial charge on any atom is 0.0359 e.